The van der Waals surface area contributed by atoms with E-state index in [0.717, 1.165) is 0 Å². The standard InChI is InChI=1S/C18H15PSe.Li/c20-19(16-10-4-1-5-11-16,17-12-6-2-7-13-17)18-14-8-3-9-15-18;/h1-15H;. The van der Waals surface area contributed by atoms with E-state index in [-0.39, 0.29) is 18.9 Å². The summed E-state index contributed by atoms with van der Waals surface area (Å²) in [6, 6.07) is 32.3. The van der Waals surface area contributed by atoms with Crippen LogP contribution < -0.4 is 15.9 Å². The molecule has 0 unspecified atom stereocenters. The molecule has 21 heavy (non-hydrogen) atoms. The molecule has 3 aromatic rings. The Bertz CT molecular complexity index is 624. The molecule has 3 rings (SSSR count). The molecule has 0 fully saturated rings. The zero-order valence-corrected chi connectivity index (χ0v) is 14.6. The van der Waals surface area contributed by atoms with Gasteiger partial charge in [0.15, 0.2) is 0 Å². The molecule has 0 aromatic heterocycles. The Morgan fingerprint density at radius 1 is 0.476 bits per heavy atom. The van der Waals surface area contributed by atoms with Crippen LogP contribution in [0.2, 0.25) is 0 Å². The molecule has 0 saturated heterocycles. The molecule has 0 N–H and O–H groups in total. The van der Waals surface area contributed by atoms with Gasteiger partial charge < -0.3 is 0 Å². The third-order valence-electron chi connectivity index (χ3n) is 3.36. The Morgan fingerprint density at radius 2 is 0.714 bits per heavy atom. The molecule has 0 saturated carbocycles. The van der Waals surface area contributed by atoms with Crippen LogP contribution in [0.1, 0.15) is 0 Å². The van der Waals surface area contributed by atoms with Crippen LogP contribution in [0.15, 0.2) is 91.0 Å². The summed E-state index contributed by atoms with van der Waals surface area (Å²) in [6.07, 6.45) is 0. The zero-order chi connectivity index (χ0) is 13.8. The van der Waals surface area contributed by atoms with Gasteiger partial charge >= 0.3 is 128 Å². The topological polar surface area (TPSA) is 0 Å². The van der Waals surface area contributed by atoms with Crippen molar-refractivity contribution < 1.29 is 0 Å². The van der Waals surface area contributed by atoms with Crippen LogP contribution in [0, 0.1) is 0 Å². The van der Waals surface area contributed by atoms with Gasteiger partial charge in [-0.3, -0.25) is 0 Å². The van der Waals surface area contributed by atoms with E-state index in [1.165, 1.54) is 15.9 Å². The van der Waals surface area contributed by atoms with Gasteiger partial charge in [0, 0.05) is 18.9 Å². The molecule has 0 aliphatic carbocycles. The Morgan fingerprint density at radius 3 is 0.952 bits per heavy atom. The molecular formula is C18H15LiPSe. The first kappa shape index (κ1) is 16.6. The second-order valence-corrected chi connectivity index (χ2v) is 10.8. The summed E-state index contributed by atoms with van der Waals surface area (Å²) in [4.78, 5) is 0. The molecule has 0 heterocycles. The van der Waals surface area contributed by atoms with E-state index in [0.29, 0.717) is 0 Å². The van der Waals surface area contributed by atoms with Crippen molar-refractivity contribution >= 4 is 55.4 Å². The van der Waals surface area contributed by atoms with Crippen molar-refractivity contribution in [2.24, 2.45) is 0 Å². The molecule has 0 aliphatic rings. The minimum absolute atomic E-state index is 0. The Labute approximate surface area is 146 Å². The molecule has 0 spiro atoms. The van der Waals surface area contributed by atoms with Crippen LogP contribution in [0.3, 0.4) is 0 Å². The van der Waals surface area contributed by atoms with E-state index in [4.69, 9.17) is 0 Å². The van der Waals surface area contributed by atoms with Gasteiger partial charge in [0.2, 0.25) is 0 Å². The first-order valence-corrected chi connectivity index (χ1v) is 10.6. The average molecular weight is 348 g/mol. The SMILES string of the molecule is [Li].[Se]=P(c1ccccc1)(c1ccccc1)c1ccccc1. The van der Waals surface area contributed by atoms with Crippen LogP contribution in [0.4, 0.5) is 0 Å². The van der Waals surface area contributed by atoms with Crippen LogP contribution in [0.5, 0.6) is 0 Å². The molecule has 0 nitrogen and oxygen atoms in total. The molecule has 99 valence electrons. The fraction of sp³-hybridized carbons (Fsp3) is 0. The van der Waals surface area contributed by atoms with Gasteiger partial charge in [-0.15, -0.1) is 0 Å². The Kier molecular flexibility index (Phi) is 5.89. The van der Waals surface area contributed by atoms with Gasteiger partial charge in [-0.05, 0) is 0 Å². The third-order valence-corrected chi connectivity index (χ3v) is 10.4. The van der Waals surface area contributed by atoms with E-state index in [9.17, 15) is 0 Å². The number of benzene rings is 3. The van der Waals surface area contributed by atoms with Gasteiger partial charge in [0.05, 0.1) is 0 Å². The van der Waals surface area contributed by atoms with Crippen molar-refractivity contribution in [2.75, 3.05) is 0 Å². The summed E-state index contributed by atoms with van der Waals surface area (Å²) >= 11 is 3.55. The predicted molar refractivity (Wildman–Crippen MR) is 96.7 cm³/mol. The maximum atomic E-state index is 3.55. The zero-order valence-electron chi connectivity index (χ0n) is 12.0. The van der Waals surface area contributed by atoms with Crippen molar-refractivity contribution in [1.29, 1.82) is 0 Å². The van der Waals surface area contributed by atoms with Gasteiger partial charge in [-0.25, -0.2) is 0 Å². The van der Waals surface area contributed by atoms with Gasteiger partial charge in [0.1, 0.15) is 0 Å². The Hall–Kier alpha value is -0.793. The normalized spacial score (nSPS) is 10.7. The van der Waals surface area contributed by atoms with Crippen LogP contribution in [-0.2, 0) is 0 Å². The van der Waals surface area contributed by atoms with Gasteiger partial charge in [-0.2, -0.15) is 0 Å². The van der Waals surface area contributed by atoms with Crippen molar-refractivity contribution in [1.82, 2.24) is 0 Å². The van der Waals surface area contributed by atoms with Crippen molar-refractivity contribution in [2.45, 2.75) is 0 Å². The summed E-state index contributed by atoms with van der Waals surface area (Å²) in [5.74, 6) is 0. The second kappa shape index (κ2) is 7.46. The van der Waals surface area contributed by atoms with E-state index in [1.807, 2.05) is 0 Å². The summed E-state index contributed by atoms with van der Waals surface area (Å²) in [7, 11) is 0. The quantitative estimate of drug-likeness (QED) is 0.504. The van der Waals surface area contributed by atoms with Crippen molar-refractivity contribution in [3.8, 4) is 0 Å². The summed E-state index contributed by atoms with van der Waals surface area (Å²) < 4.78 is 0. The fourth-order valence-electron chi connectivity index (χ4n) is 2.36. The summed E-state index contributed by atoms with van der Waals surface area (Å²) in [6.45, 7) is 0. The number of hydrogen-bond donors (Lipinski definition) is 0. The first-order valence-electron chi connectivity index (χ1n) is 6.59. The van der Waals surface area contributed by atoms with Gasteiger partial charge in [-0.1, -0.05) is 0 Å². The third kappa shape index (κ3) is 3.35. The van der Waals surface area contributed by atoms with E-state index < -0.39 is 5.51 Å². The fourth-order valence-corrected chi connectivity index (χ4v) is 7.33. The van der Waals surface area contributed by atoms with Crippen molar-refractivity contribution in [3.63, 3.8) is 0 Å². The van der Waals surface area contributed by atoms with E-state index in [1.54, 1.807) is 0 Å². The maximum absolute atomic E-state index is 3.55. The first-order chi connectivity index (χ1) is 9.82. The van der Waals surface area contributed by atoms with Crippen LogP contribution >= 0.6 is 5.51 Å². The van der Waals surface area contributed by atoms with E-state index >= 15 is 0 Å². The molecule has 3 aromatic carbocycles. The van der Waals surface area contributed by atoms with Crippen LogP contribution in [0.25, 0.3) is 0 Å². The molecular weight excluding hydrogens is 333 g/mol. The average Bonchev–Trinajstić information content (AvgIpc) is 2.56. The summed E-state index contributed by atoms with van der Waals surface area (Å²) in [5, 5.41) is 4.12. The number of rotatable bonds is 3. The van der Waals surface area contributed by atoms with Gasteiger partial charge in [0.25, 0.3) is 0 Å². The predicted octanol–water partition coefficient (Wildman–Crippen LogP) is 2.68. The second-order valence-electron chi connectivity index (χ2n) is 4.62. The van der Waals surface area contributed by atoms with E-state index in [2.05, 4.69) is 106 Å². The van der Waals surface area contributed by atoms with Crippen molar-refractivity contribution in [3.05, 3.63) is 91.0 Å². The molecule has 1 radical (unpaired) electrons. The molecule has 0 bridgehead atoms. The number of hydrogen-bond acceptors (Lipinski definition) is 0. The minimum atomic E-state index is -1.65. The molecule has 0 aliphatic heterocycles. The summed E-state index contributed by atoms with van der Waals surface area (Å²) in [5.41, 5.74) is -1.65. The Balaban J connectivity index is 0.00000161. The molecule has 0 atom stereocenters. The molecule has 0 amide bonds. The monoisotopic (exact) mass is 349 g/mol. The van der Waals surface area contributed by atoms with Crippen LogP contribution in [-0.4, -0.2) is 34.0 Å². The molecule has 3 heteroatoms.